The Kier molecular flexibility index (Phi) is 2.55. The van der Waals surface area contributed by atoms with Gasteiger partial charge in [-0.25, -0.2) is 9.30 Å². The standard InChI is InChI=1S/C16H11F3N2O/c17-16(18,19)11-5-6-13-14(9-11)21(22)15-12-4-2-1-3-10(12)7-8-20(13)15/h1-6,9H,7-8H2. The number of hydrogen-bond donors (Lipinski definition) is 0. The first-order valence-corrected chi connectivity index (χ1v) is 6.88. The van der Waals surface area contributed by atoms with E-state index in [9.17, 15) is 18.4 Å². The molecule has 4 rings (SSSR count). The molecule has 1 aliphatic rings. The van der Waals surface area contributed by atoms with E-state index in [0.717, 1.165) is 29.7 Å². The Morgan fingerprint density at radius 2 is 1.86 bits per heavy atom. The molecule has 0 fully saturated rings. The summed E-state index contributed by atoms with van der Waals surface area (Å²) in [5.74, 6) is 0.413. The predicted octanol–water partition coefficient (Wildman–Crippen LogP) is 3.52. The minimum absolute atomic E-state index is 0.0570. The second-order valence-corrected chi connectivity index (χ2v) is 5.38. The van der Waals surface area contributed by atoms with Crippen molar-refractivity contribution in [3.8, 4) is 11.4 Å². The molecular weight excluding hydrogens is 293 g/mol. The van der Waals surface area contributed by atoms with Gasteiger partial charge in [0.05, 0.1) is 17.7 Å². The van der Waals surface area contributed by atoms with Crippen LogP contribution in [0, 0.1) is 5.21 Å². The smallest absolute Gasteiger partial charge is 0.416 e. The van der Waals surface area contributed by atoms with Gasteiger partial charge in [-0.15, -0.1) is 0 Å². The number of halogens is 3. The zero-order valence-electron chi connectivity index (χ0n) is 11.4. The summed E-state index contributed by atoms with van der Waals surface area (Å²) >= 11 is 0. The number of hydrogen-bond acceptors (Lipinski definition) is 1. The molecule has 6 heteroatoms. The third-order valence-electron chi connectivity index (χ3n) is 4.12. The zero-order valence-corrected chi connectivity index (χ0v) is 11.4. The topological polar surface area (TPSA) is 31.9 Å². The highest BCUT2D eigenvalue weighted by molar-refractivity contribution is 5.78. The van der Waals surface area contributed by atoms with Gasteiger partial charge in [0.1, 0.15) is 0 Å². The van der Waals surface area contributed by atoms with E-state index in [2.05, 4.69) is 0 Å². The van der Waals surface area contributed by atoms with E-state index in [-0.39, 0.29) is 5.52 Å². The van der Waals surface area contributed by atoms with E-state index in [0.29, 0.717) is 22.6 Å². The summed E-state index contributed by atoms with van der Waals surface area (Å²) in [6.45, 7) is 0.587. The van der Waals surface area contributed by atoms with Crippen LogP contribution in [0.2, 0.25) is 0 Å². The highest BCUT2D eigenvalue weighted by Crippen LogP contribution is 2.34. The van der Waals surface area contributed by atoms with Crippen LogP contribution in [0.15, 0.2) is 42.5 Å². The number of imidazole rings is 1. The summed E-state index contributed by atoms with van der Waals surface area (Å²) in [6.07, 6.45) is -3.70. The Morgan fingerprint density at radius 3 is 2.64 bits per heavy atom. The lowest BCUT2D eigenvalue weighted by atomic mass is 10.0. The molecule has 0 spiro atoms. The fraction of sp³-hybridized carbons (Fsp3) is 0.188. The second-order valence-electron chi connectivity index (χ2n) is 5.38. The van der Waals surface area contributed by atoms with Crippen molar-refractivity contribution in [3.05, 3.63) is 58.8 Å². The summed E-state index contributed by atoms with van der Waals surface area (Å²) in [7, 11) is 0. The van der Waals surface area contributed by atoms with Gasteiger partial charge in [-0.1, -0.05) is 18.2 Å². The first-order valence-electron chi connectivity index (χ1n) is 6.88. The van der Waals surface area contributed by atoms with E-state index in [4.69, 9.17) is 0 Å². The second kappa shape index (κ2) is 4.25. The van der Waals surface area contributed by atoms with Crippen LogP contribution in [-0.2, 0) is 19.1 Å². The lowest BCUT2D eigenvalue weighted by Crippen LogP contribution is -2.30. The predicted molar refractivity (Wildman–Crippen MR) is 75.0 cm³/mol. The number of aromatic nitrogens is 2. The summed E-state index contributed by atoms with van der Waals surface area (Å²) in [5.41, 5.74) is 1.61. The molecule has 0 saturated heterocycles. The van der Waals surface area contributed by atoms with Crippen molar-refractivity contribution in [2.45, 2.75) is 19.1 Å². The van der Waals surface area contributed by atoms with Crippen LogP contribution in [0.1, 0.15) is 11.1 Å². The Labute approximate surface area is 123 Å². The first-order chi connectivity index (χ1) is 10.5. The molecule has 0 radical (unpaired) electrons. The minimum atomic E-state index is -4.46. The fourth-order valence-electron chi connectivity index (χ4n) is 3.10. The number of fused-ring (bicyclic) bond motifs is 5. The SMILES string of the molecule is [O-][n+]1c2n(c3ccc(C(F)(F)F)cc31)CCc1ccccc1-2. The molecule has 1 aliphatic heterocycles. The maximum Gasteiger partial charge on any atom is 0.416 e. The molecule has 0 bridgehead atoms. The minimum Gasteiger partial charge on any atom is -0.710 e. The monoisotopic (exact) mass is 304 g/mol. The Bertz CT molecular complexity index is 896. The van der Waals surface area contributed by atoms with Crippen LogP contribution in [0.5, 0.6) is 0 Å². The Morgan fingerprint density at radius 1 is 1.09 bits per heavy atom. The van der Waals surface area contributed by atoms with E-state index >= 15 is 0 Å². The van der Waals surface area contributed by atoms with Crippen LogP contribution < -0.4 is 4.73 Å². The third kappa shape index (κ3) is 1.73. The molecule has 0 saturated carbocycles. The molecule has 0 N–H and O–H groups in total. The van der Waals surface area contributed by atoms with E-state index < -0.39 is 11.7 Å². The van der Waals surface area contributed by atoms with E-state index in [1.807, 2.05) is 24.3 Å². The van der Waals surface area contributed by atoms with Gasteiger partial charge in [0.25, 0.3) is 5.82 Å². The highest BCUT2D eigenvalue weighted by Gasteiger charge is 2.34. The Balaban J connectivity index is 2.04. The zero-order chi connectivity index (χ0) is 15.5. The lowest BCUT2D eigenvalue weighted by Gasteiger charge is -2.15. The largest absolute Gasteiger partial charge is 0.710 e. The molecule has 22 heavy (non-hydrogen) atoms. The summed E-state index contributed by atoms with van der Waals surface area (Å²) in [5, 5.41) is 12.5. The van der Waals surface area contributed by atoms with Gasteiger partial charge in [-0.2, -0.15) is 13.2 Å². The molecule has 3 nitrogen and oxygen atoms in total. The van der Waals surface area contributed by atoms with Gasteiger partial charge in [0, 0.05) is 12.5 Å². The van der Waals surface area contributed by atoms with Crippen molar-refractivity contribution in [1.82, 2.24) is 4.57 Å². The van der Waals surface area contributed by atoms with Gasteiger partial charge in [0.15, 0.2) is 11.0 Å². The number of rotatable bonds is 0. The molecule has 3 aromatic rings. The van der Waals surface area contributed by atoms with Gasteiger partial charge in [-0.05, 0) is 23.8 Å². The van der Waals surface area contributed by atoms with Crippen molar-refractivity contribution in [1.29, 1.82) is 0 Å². The van der Waals surface area contributed by atoms with Crippen molar-refractivity contribution in [3.63, 3.8) is 0 Å². The maximum absolute atomic E-state index is 12.9. The van der Waals surface area contributed by atoms with Crippen LogP contribution in [-0.4, -0.2) is 4.57 Å². The first kappa shape index (κ1) is 13.2. The van der Waals surface area contributed by atoms with Crippen molar-refractivity contribution >= 4 is 11.0 Å². The van der Waals surface area contributed by atoms with Crippen LogP contribution in [0.3, 0.4) is 0 Å². The van der Waals surface area contributed by atoms with Crippen molar-refractivity contribution in [2.24, 2.45) is 0 Å². The average molecular weight is 304 g/mol. The van der Waals surface area contributed by atoms with E-state index in [1.165, 1.54) is 6.07 Å². The number of benzene rings is 2. The normalized spacial score (nSPS) is 14.0. The molecule has 2 aromatic carbocycles. The third-order valence-corrected chi connectivity index (χ3v) is 4.12. The number of nitrogens with zero attached hydrogens (tertiary/aromatic N) is 2. The molecule has 2 heterocycles. The molecular formula is C16H11F3N2O. The quantitative estimate of drug-likeness (QED) is 0.462. The van der Waals surface area contributed by atoms with E-state index in [1.54, 1.807) is 4.57 Å². The summed E-state index contributed by atoms with van der Waals surface area (Å²) in [6, 6.07) is 10.8. The molecule has 112 valence electrons. The molecule has 1 aromatic heterocycles. The van der Waals surface area contributed by atoms with Gasteiger partial charge in [0.2, 0.25) is 0 Å². The van der Waals surface area contributed by atoms with Gasteiger partial charge in [-0.3, -0.25) is 0 Å². The number of aryl methyl sites for hydroxylation is 2. The van der Waals surface area contributed by atoms with Crippen LogP contribution >= 0.6 is 0 Å². The molecule has 0 atom stereocenters. The van der Waals surface area contributed by atoms with Crippen LogP contribution in [0.4, 0.5) is 13.2 Å². The van der Waals surface area contributed by atoms with Crippen LogP contribution in [0.25, 0.3) is 22.4 Å². The van der Waals surface area contributed by atoms with Gasteiger partial charge < -0.3 is 5.21 Å². The average Bonchev–Trinajstić information content (AvgIpc) is 2.79. The highest BCUT2D eigenvalue weighted by atomic mass is 19.4. The molecule has 0 amide bonds. The van der Waals surface area contributed by atoms with Crippen molar-refractivity contribution in [2.75, 3.05) is 0 Å². The number of alkyl halides is 3. The summed E-state index contributed by atoms with van der Waals surface area (Å²) < 4.78 is 41.0. The fourth-order valence-corrected chi connectivity index (χ4v) is 3.10. The van der Waals surface area contributed by atoms with Gasteiger partial charge >= 0.3 is 6.18 Å². The lowest BCUT2D eigenvalue weighted by molar-refractivity contribution is -0.565. The molecule has 0 unspecified atom stereocenters. The summed E-state index contributed by atoms with van der Waals surface area (Å²) in [4.78, 5) is 0. The molecule has 0 aliphatic carbocycles. The maximum atomic E-state index is 12.9. The van der Waals surface area contributed by atoms with Crippen molar-refractivity contribution < 1.29 is 17.9 Å². The Hall–Kier alpha value is -2.50.